The number of carboxylic acid groups (broad SMARTS) is 1. The van der Waals surface area contributed by atoms with Gasteiger partial charge in [0.05, 0.1) is 0 Å². The number of alkyl carbamates (subject to hydrolysis) is 1. The number of benzene rings is 2. The number of hydrogen-bond donors (Lipinski definition) is 3. The molecular formula is C24H27N5O5. The van der Waals surface area contributed by atoms with Crippen LogP contribution in [0.1, 0.15) is 43.2 Å². The van der Waals surface area contributed by atoms with E-state index in [0.717, 1.165) is 22.3 Å². The van der Waals surface area contributed by atoms with E-state index in [4.69, 9.17) is 15.4 Å². The van der Waals surface area contributed by atoms with Gasteiger partial charge >= 0.3 is 12.1 Å². The highest BCUT2D eigenvalue weighted by Crippen LogP contribution is 2.44. The zero-order valence-corrected chi connectivity index (χ0v) is 18.8. The average molecular weight is 466 g/mol. The van der Waals surface area contributed by atoms with E-state index in [1.807, 2.05) is 48.5 Å². The molecule has 2 atom stereocenters. The lowest BCUT2D eigenvalue weighted by Crippen LogP contribution is -2.51. The van der Waals surface area contributed by atoms with Crippen molar-refractivity contribution in [2.45, 2.75) is 44.2 Å². The Kier molecular flexibility index (Phi) is 8.48. The Morgan fingerprint density at radius 2 is 1.68 bits per heavy atom. The summed E-state index contributed by atoms with van der Waals surface area (Å²) in [6, 6.07) is 13.8. The third-order valence-corrected chi connectivity index (χ3v) is 5.75. The van der Waals surface area contributed by atoms with Gasteiger partial charge in [-0.1, -0.05) is 60.1 Å². The molecule has 1 aliphatic carbocycles. The molecule has 0 aliphatic heterocycles. The zero-order chi connectivity index (χ0) is 24.5. The maximum absolute atomic E-state index is 12.6. The molecule has 0 heterocycles. The van der Waals surface area contributed by atoms with Crippen LogP contribution in [-0.2, 0) is 14.3 Å². The molecule has 3 N–H and O–H groups in total. The van der Waals surface area contributed by atoms with E-state index in [1.54, 1.807) is 0 Å². The van der Waals surface area contributed by atoms with Crippen molar-refractivity contribution in [3.8, 4) is 11.1 Å². The summed E-state index contributed by atoms with van der Waals surface area (Å²) in [5.41, 5.74) is 12.7. The van der Waals surface area contributed by atoms with Gasteiger partial charge in [-0.05, 0) is 47.6 Å². The molecule has 0 radical (unpaired) electrons. The number of ether oxygens (including phenoxy) is 1. The second kappa shape index (κ2) is 11.7. The lowest BCUT2D eigenvalue weighted by molar-refractivity contribution is -0.141. The Bertz CT molecular complexity index is 1050. The minimum Gasteiger partial charge on any atom is -0.480 e. The Labute approximate surface area is 196 Å². The lowest BCUT2D eigenvalue weighted by atomic mass is 9.98. The number of aliphatic carboxylic acids is 1. The molecule has 1 aliphatic rings. The molecule has 178 valence electrons. The summed E-state index contributed by atoms with van der Waals surface area (Å²) in [6.07, 6.45) is 0.486. The summed E-state index contributed by atoms with van der Waals surface area (Å²) < 4.78 is 5.50. The first kappa shape index (κ1) is 24.6. The van der Waals surface area contributed by atoms with E-state index in [0.29, 0.717) is 12.8 Å². The van der Waals surface area contributed by atoms with Gasteiger partial charge in [-0.3, -0.25) is 9.59 Å². The molecule has 2 aromatic carbocycles. The quantitative estimate of drug-likeness (QED) is 0.198. The monoisotopic (exact) mass is 465 g/mol. The highest BCUT2D eigenvalue weighted by atomic mass is 16.5. The van der Waals surface area contributed by atoms with Crippen molar-refractivity contribution in [3.05, 3.63) is 70.1 Å². The van der Waals surface area contributed by atoms with Crippen LogP contribution in [0, 0.1) is 0 Å². The Morgan fingerprint density at radius 1 is 1.06 bits per heavy atom. The van der Waals surface area contributed by atoms with Crippen molar-refractivity contribution in [1.29, 1.82) is 0 Å². The van der Waals surface area contributed by atoms with Crippen LogP contribution in [-0.4, -0.2) is 48.3 Å². The highest BCUT2D eigenvalue weighted by Gasteiger charge is 2.30. The minimum absolute atomic E-state index is 0.0939. The van der Waals surface area contributed by atoms with Crippen molar-refractivity contribution in [1.82, 2.24) is 10.6 Å². The number of nitrogens with zero attached hydrogens (tertiary/aromatic N) is 3. The normalized spacial score (nSPS) is 13.6. The summed E-state index contributed by atoms with van der Waals surface area (Å²) in [4.78, 5) is 38.9. The molecule has 0 spiro atoms. The zero-order valence-electron chi connectivity index (χ0n) is 18.8. The van der Waals surface area contributed by atoms with Gasteiger partial charge in [0.25, 0.3) is 0 Å². The molecule has 10 nitrogen and oxygen atoms in total. The van der Waals surface area contributed by atoms with Crippen molar-refractivity contribution < 1.29 is 24.2 Å². The fourth-order valence-corrected chi connectivity index (χ4v) is 4.00. The smallest absolute Gasteiger partial charge is 0.407 e. The SMILES string of the molecule is C[C@H](NC(=O)[C@@H](CCCCN=[N+]=[N-])NC(=O)OCC1c2ccccc2-c2ccccc21)C(=O)O. The number of hydrogen-bond acceptors (Lipinski definition) is 5. The van der Waals surface area contributed by atoms with Gasteiger partial charge in [0.2, 0.25) is 5.91 Å². The predicted octanol–water partition coefficient (Wildman–Crippen LogP) is 3.96. The van der Waals surface area contributed by atoms with Crippen LogP contribution in [0.3, 0.4) is 0 Å². The summed E-state index contributed by atoms with van der Waals surface area (Å²) in [7, 11) is 0. The fraction of sp³-hybridized carbons (Fsp3) is 0.375. The van der Waals surface area contributed by atoms with Crippen LogP contribution in [0.2, 0.25) is 0 Å². The van der Waals surface area contributed by atoms with E-state index in [9.17, 15) is 14.4 Å². The number of amides is 2. The molecule has 0 saturated heterocycles. The lowest BCUT2D eigenvalue weighted by Gasteiger charge is -2.21. The Morgan fingerprint density at radius 3 is 2.26 bits per heavy atom. The van der Waals surface area contributed by atoms with Gasteiger partial charge in [-0.15, -0.1) is 0 Å². The number of carbonyl (C=O) groups is 3. The molecule has 0 unspecified atom stereocenters. The number of azide groups is 1. The molecule has 0 saturated carbocycles. The van der Waals surface area contributed by atoms with Crippen molar-refractivity contribution >= 4 is 18.0 Å². The molecule has 10 heteroatoms. The first-order valence-corrected chi connectivity index (χ1v) is 11.1. The summed E-state index contributed by atoms with van der Waals surface area (Å²) in [5.74, 6) is -1.93. The molecule has 2 aromatic rings. The van der Waals surface area contributed by atoms with Crippen LogP contribution in [0.4, 0.5) is 4.79 Å². The molecule has 0 aromatic heterocycles. The number of rotatable bonds is 11. The van der Waals surface area contributed by atoms with Crippen LogP contribution in [0.25, 0.3) is 21.6 Å². The molecular weight excluding hydrogens is 438 g/mol. The number of unbranched alkanes of at least 4 members (excludes halogenated alkanes) is 1. The molecule has 0 bridgehead atoms. The first-order chi connectivity index (χ1) is 16.4. The van der Waals surface area contributed by atoms with E-state index in [1.165, 1.54) is 6.92 Å². The predicted molar refractivity (Wildman–Crippen MR) is 125 cm³/mol. The van der Waals surface area contributed by atoms with Crippen LogP contribution in [0.5, 0.6) is 0 Å². The molecule has 34 heavy (non-hydrogen) atoms. The number of nitrogens with one attached hydrogen (secondary N) is 2. The van der Waals surface area contributed by atoms with Gasteiger partial charge in [0, 0.05) is 17.4 Å². The van der Waals surface area contributed by atoms with E-state index < -0.39 is 30.1 Å². The van der Waals surface area contributed by atoms with Crippen molar-refractivity contribution in [2.75, 3.05) is 13.2 Å². The topological polar surface area (TPSA) is 153 Å². The van der Waals surface area contributed by atoms with E-state index in [-0.39, 0.29) is 25.5 Å². The Balaban J connectivity index is 1.63. The van der Waals surface area contributed by atoms with Gasteiger partial charge in [-0.25, -0.2) is 4.79 Å². The van der Waals surface area contributed by atoms with Crippen molar-refractivity contribution in [3.63, 3.8) is 0 Å². The Hall–Kier alpha value is -4.04. The fourth-order valence-electron chi connectivity index (χ4n) is 4.00. The number of fused-ring (bicyclic) bond motifs is 3. The maximum Gasteiger partial charge on any atom is 0.407 e. The van der Waals surface area contributed by atoms with E-state index >= 15 is 0 Å². The average Bonchev–Trinajstić information content (AvgIpc) is 3.15. The summed E-state index contributed by atoms with van der Waals surface area (Å²) in [5, 5.41) is 17.4. The second-order valence-electron chi connectivity index (χ2n) is 8.04. The van der Waals surface area contributed by atoms with Gasteiger partial charge in [0.1, 0.15) is 18.7 Å². The first-order valence-electron chi connectivity index (χ1n) is 11.1. The van der Waals surface area contributed by atoms with Crippen LogP contribution in [0.15, 0.2) is 53.6 Å². The molecule has 0 fully saturated rings. The number of carboxylic acids is 1. The van der Waals surface area contributed by atoms with Gasteiger partial charge in [-0.2, -0.15) is 0 Å². The maximum atomic E-state index is 12.6. The van der Waals surface area contributed by atoms with E-state index in [2.05, 4.69) is 20.7 Å². The second-order valence-corrected chi connectivity index (χ2v) is 8.04. The minimum atomic E-state index is -1.18. The van der Waals surface area contributed by atoms with Gasteiger partial charge < -0.3 is 20.5 Å². The molecule has 2 amide bonds. The third-order valence-electron chi connectivity index (χ3n) is 5.75. The largest absolute Gasteiger partial charge is 0.480 e. The summed E-state index contributed by atoms with van der Waals surface area (Å²) >= 11 is 0. The van der Waals surface area contributed by atoms with Crippen LogP contribution >= 0.6 is 0 Å². The third kappa shape index (κ3) is 6.05. The summed E-state index contributed by atoms with van der Waals surface area (Å²) in [6.45, 7) is 1.70. The number of carbonyl (C=O) groups excluding carboxylic acids is 2. The highest BCUT2D eigenvalue weighted by molar-refractivity contribution is 5.89. The van der Waals surface area contributed by atoms with Gasteiger partial charge in [0.15, 0.2) is 0 Å². The molecule has 3 rings (SSSR count). The van der Waals surface area contributed by atoms with Crippen LogP contribution < -0.4 is 10.6 Å². The standard InChI is InChI=1S/C24H27N5O5/c1-15(23(31)32)27-22(30)21(12-6-7-13-26-29-25)28-24(33)34-14-20-18-10-4-2-8-16(18)17-9-3-5-11-19(17)20/h2-5,8-11,15,20-21H,6-7,12-14H2,1H3,(H,27,30)(H,28,33)(H,31,32)/t15-,21+/m0/s1. The van der Waals surface area contributed by atoms with Crippen molar-refractivity contribution in [2.24, 2.45) is 5.11 Å².